The summed E-state index contributed by atoms with van der Waals surface area (Å²) in [5.41, 5.74) is 4.65. The third-order valence-corrected chi connectivity index (χ3v) is 8.05. The number of piperazine rings is 1. The van der Waals surface area contributed by atoms with Crippen molar-refractivity contribution in [2.24, 2.45) is 5.92 Å². The van der Waals surface area contributed by atoms with E-state index < -0.39 is 0 Å². The maximum atomic E-state index is 13.5. The Bertz CT molecular complexity index is 1230. The van der Waals surface area contributed by atoms with Crippen LogP contribution in [0.2, 0.25) is 0 Å². The van der Waals surface area contributed by atoms with E-state index in [0.29, 0.717) is 50.6 Å². The Morgan fingerprint density at radius 2 is 2.00 bits per heavy atom. The Kier molecular flexibility index (Phi) is 6.89. The molecule has 7 nitrogen and oxygen atoms in total. The van der Waals surface area contributed by atoms with Gasteiger partial charge in [-0.3, -0.25) is 4.79 Å². The number of carbonyl (C=O) groups is 1. The van der Waals surface area contributed by atoms with Crippen molar-refractivity contribution in [2.75, 3.05) is 31.6 Å². The van der Waals surface area contributed by atoms with Gasteiger partial charge in [-0.2, -0.15) is 5.26 Å². The summed E-state index contributed by atoms with van der Waals surface area (Å²) in [6, 6.07) is 10.3. The number of nitrogens with zero attached hydrogens (tertiary/aromatic N) is 4. The topological polar surface area (TPSA) is 78.7 Å². The molecule has 196 valence electrons. The van der Waals surface area contributed by atoms with Crippen molar-refractivity contribution in [1.82, 2.24) is 9.88 Å². The van der Waals surface area contributed by atoms with Gasteiger partial charge in [0.1, 0.15) is 17.6 Å². The zero-order valence-corrected chi connectivity index (χ0v) is 22.7. The van der Waals surface area contributed by atoms with Crippen molar-refractivity contribution >= 4 is 11.7 Å². The molecule has 0 N–H and O–H groups in total. The molecule has 37 heavy (non-hydrogen) atoms. The van der Waals surface area contributed by atoms with Crippen LogP contribution < -0.4 is 9.64 Å². The third kappa shape index (κ3) is 5.04. The normalized spacial score (nSPS) is 20.9. The molecule has 5 rings (SSSR count). The van der Waals surface area contributed by atoms with E-state index in [0.717, 1.165) is 46.8 Å². The van der Waals surface area contributed by atoms with Crippen LogP contribution in [0, 0.1) is 17.2 Å². The van der Waals surface area contributed by atoms with Crippen LogP contribution in [0.4, 0.5) is 5.82 Å². The average molecular weight is 503 g/mol. The van der Waals surface area contributed by atoms with Gasteiger partial charge in [-0.05, 0) is 44.2 Å². The van der Waals surface area contributed by atoms with E-state index in [9.17, 15) is 10.1 Å². The van der Waals surface area contributed by atoms with Crippen LogP contribution >= 0.6 is 0 Å². The highest BCUT2D eigenvalue weighted by Crippen LogP contribution is 2.46. The lowest BCUT2D eigenvalue weighted by molar-refractivity contribution is -0.134. The van der Waals surface area contributed by atoms with Gasteiger partial charge in [0.25, 0.3) is 0 Å². The number of anilines is 1. The van der Waals surface area contributed by atoms with E-state index in [4.69, 9.17) is 14.5 Å². The first kappa shape index (κ1) is 25.5. The quantitative estimate of drug-likeness (QED) is 0.574. The van der Waals surface area contributed by atoms with Gasteiger partial charge >= 0.3 is 0 Å². The molecular weight excluding hydrogens is 464 g/mol. The highest BCUT2D eigenvalue weighted by molar-refractivity contribution is 5.80. The molecular formula is C30H38N4O3. The van der Waals surface area contributed by atoms with E-state index in [2.05, 4.69) is 38.7 Å². The Balaban J connectivity index is 1.44. The van der Waals surface area contributed by atoms with Crippen LogP contribution in [-0.4, -0.2) is 54.2 Å². The number of nitriles is 1. The van der Waals surface area contributed by atoms with E-state index in [1.165, 1.54) is 0 Å². The number of hydrogen-bond acceptors (Lipinski definition) is 6. The highest BCUT2D eigenvalue weighted by Gasteiger charge is 2.39. The molecule has 1 aromatic heterocycles. The molecule has 1 aliphatic carbocycles. The second kappa shape index (κ2) is 9.98. The lowest BCUT2D eigenvalue weighted by atomic mass is 9.87. The van der Waals surface area contributed by atoms with E-state index in [1.807, 2.05) is 29.2 Å². The minimum Gasteiger partial charge on any atom is -0.496 e. The molecule has 1 atom stereocenters. The predicted molar refractivity (Wildman–Crippen MR) is 143 cm³/mol. The van der Waals surface area contributed by atoms with Crippen LogP contribution in [0.25, 0.3) is 0 Å². The fourth-order valence-corrected chi connectivity index (χ4v) is 5.82. The number of methoxy groups -OCH3 is 1. The lowest BCUT2D eigenvalue weighted by Crippen LogP contribution is -2.58. The minimum absolute atomic E-state index is 0.0319. The van der Waals surface area contributed by atoms with Crippen LogP contribution in [0.5, 0.6) is 5.75 Å². The Labute approximate surface area is 220 Å². The summed E-state index contributed by atoms with van der Waals surface area (Å²) >= 11 is 0. The number of benzene rings is 1. The summed E-state index contributed by atoms with van der Waals surface area (Å²) in [5.74, 6) is 2.38. The Morgan fingerprint density at radius 1 is 1.24 bits per heavy atom. The van der Waals surface area contributed by atoms with Gasteiger partial charge in [-0.1, -0.05) is 32.0 Å². The molecule has 1 saturated heterocycles. The van der Waals surface area contributed by atoms with Crippen molar-refractivity contribution in [2.45, 2.75) is 77.5 Å². The number of fused-ring (bicyclic) bond motifs is 1. The van der Waals surface area contributed by atoms with Gasteiger partial charge in [0, 0.05) is 43.1 Å². The molecule has 3 heterocycles. The van der Waals surface area contributed by atoms with E-state index >= 15 is 0 Å². The molecule has 3 aliphatic rings. The Morgan fingerprint density at radius 3 is 2.68 bits per heavy atom. The molecule has 0 unspecified atom stereocenters. The van der Waals surface area contributed by atoms with Crippen LogP contribution in [-0.2, 0) is 29.0 Å². The van der Waals surface area contributed by atoms with E-state index in [1.54, 1.807) is 7.11 Å². The summed E-state index contributed by atoms with van der Waals surface area (Å²) in [4.78, 5) is 22.9. The predicted octanol–water partition coefficient (Wildman–Crippen LogP) is 4.61. The number of aromatic nitrogens is 1. The first-order chi connectivity index (χ1) is 17.7. The smallest absolute Gasteiger partial charge is 0.227 e. The highest BCUT2D eigenvalue weighted by atomic mass is 16.5. The van der Waals surface area contributed by atoms with Crippen molar-refractivity contribution < 1.29 is 14.3 Å². The van der Waals surface area contributed by atoms with Crippen LogP contribution in [0.3, 0.4) is 0 Å². The van der Waals surface area contributed by atoms with Gasteiger partial charge in [0.15, 0.2) is 0 Å². The molecule has 0 bridgehead atoms. The molecule has 0 radical (unpaired) electrons. The fourth-order valence-electron chi connectivity index (χ4n) is 5.82. The molecule has 0 spiro atoms. The summed E-state index contributed by atoms with van der Waals surface area (Å²) in [6.45, 7) is 11.0. The molecule has 2 aromatic rings. The van der Waals surface area contributed by atoms with Crippen molar-refractivity contribution in [3.8, 4) is 11.8 Å². The monoisotopic (exact) mass is 502 g/mol. The SMILES string of the molecule is COc1ccccc1CC(=O)N1CCN(c2nc(C3CC3)c3c(c2C#N)CC(C)(C)OC3)C[C@H]1C(C)C. The zero-order valence-electron chi connectivity index (χ0n) is 22.7. The number of amides is 1. The van der Waals surface area contributed by atoms with Crippen molar-refractivity contribution in [3.05, 3.63) is 52.2 Å². The summed E-state index contributed by atoms with van der Waals surface area (Å²) < 4.78 is 11.6. The molecule has 7 heteroatoms. The maximum absolute atomic E-state index is 13.5. The minimum atomic E-state index is -0.303. The van der Waals surface area contributed by atoms with Gasteiger partial charge in [0.05, 0.1) is 43.0 Å². The summed E-state index contributed by atoms with van der Waals surface area (Å²) in [7, 11) is 1.64. The van der Waals surface area contributed by atoms with Gasteiger partial charge < -0.3 is 19.3 Å². The lowest BCUT2D eigenvalue weighted by Gasteiger charge is -2.44. The van der Waals surface area contributed by atoms with Crippen molar-refractivity contribution in [1.29, 1.82) is 5.26 Å². The maximum Gasteiger partial charge on any atom is 0.227 e. The number of hydrogen-bond donors (Lipinski definition) is 0. The second-order valence-electron chi connectivity index (χ2n) is 11.6. The number of carbonyl (C=O) groups excluding carboxylic acids is 1. The first-order valence-electron chi connectivity index (χ1n) is 13.5. The largest absolute Gasteiger partial charge is 0.496 e. The standard InChI is InChI=1S/C30H38N4O3/c1-19(2)25-17-33(12-13-34(25)27(35)14-21-8-6-7-9-26(21)36-5)29-23(16-31)22-15-30(3,4)37-18-24(22)28(32-29)20-10-11-20/h6-9,19-20,25H,10-15,17-18H2,1-5H3/t25-/m0/s1. The zero-order chi connectivity index (χ0) is 26.3. The molecule has 1 saturated carbocycles. The summed E-state index contributed by atoms with van der Waals surface area (Å²) in [5, 5.41) is 10.3. The number of ether oxygens (including phenoxy) is 2. The number of para-hydroxylation sites is 1. The fraction of sp³-hybridized carbons (Fsp3) is 0.567. The molecule has 1 aromatic carbocycles. The Hall–Kier alpha value is -3.11. The second-order valence-corrected chi connectivity index (χ2v) is 11.6. The summed E-state index contributed by atoms with van der Waals surface area (Å²) in [6.07, 6.45) is 3.32. The number of pyridine rings is 1. The van der Waals surface area contributed by atoms with Gasteiger partial charge in [-0.25, -0.2) is 4.98 Å². The molecule has 2 fully saturated rings. The van der Waals surface area contributed by atoms with E-state index in [-0.39, 0.29) is 23.5 Å². The average Bonchev–Trinajstić information content (AvgIpc) is 3.72. The molecule has 1 amide bonds. The number of rotatable bonds is 6. The third-order valence-electron chi connectivity index (χ3n) is 8.05. The van der Waals surface area contributed by atoms with Crippen molar-refractivity contribution in [3.63, 3.8) is 0 Å². The van der Waals surface area contributed by atoms with Crippen LogP contribution in [0.1, 0.15) is 74.4 Å². The first-order valence-corrected chi connectivity index (χ1v) is 13.5. The van der Waals surface area contributed by atoms with Crippen LogP contribution in [0.15, 0.2) is 24.3 Å². The van der Waals surface area contributed by atoms with Gasteiger partial charge in [-0.15, -0.1) is 0 Å². The van der Waals surface area contributed by atoms with Gasteiger partial charge in [0.2, 0.25) is 5.91 Å². The molecule has 2 aliphatic heterocycles.